The molecule has 26 heavy (non-hydrogen) atoms. The summed E-state index contributed by atoms with van der Waals surface area (Å²) >= 11 is 3.08. The van der Waals surface area contributed by atoms with Gasteiger partial charge in [-0.1, -0.05) is 15.9 Å². The van der Waals surface area contributed by atoms with Gasteiger partial charge >= 0.3 is 11.8 Å². The first-order valence-electron chi connectivity index (χ1n) is 7.13. The highest BCUT2D eigenvalue weighted by Gasteiger charge is 2.15. The Morgan fingerprint density at radius 1 is 1.15 bits per heavy atom. The van der Waals surface area contributed by atoms with E-state index in [1.807, 2.05) is 5.43 Å². The molecule has 0 unspecified atom stereocenters. The number of nitrogens with one attached hydrogen (secondary N) is 2. The van der Waals surface area contributed by atoms with Crippen LogP contribution < -0.4 is 10.7 Å². The van der Waals surface area contributed by atoms with Crippen molar-refractivity contribution >= 4 is 44.8 Å². The van der Waals surface area contributed by atoms with E-state index in [4.69, 9.17) is 0 Å². The van der Waals surface area contributed by atoms with Crippen molar-refractivity contribution in [3.05, 3.63) is 68.4 Å². The number of nitrogens with zero attached hydrogens (tertiary/aromatic N) is 2. The lowest BCUT2D eigenvalue weighted by Crippen LogP contribution is -2.33. The van der Waals surface area contributed by atoms with Crippen LogP contribution in [0.3, 0.4) is 0 Å². The summed E-state index contributed by atoms with van der Waals surface area (Å²) in [6.45, 7) is 1.55. The van der Waals surface area contributed by atoms with E-state index in [1.54, 1.807) is 6.92 Å². The lowest BCUT2D eigenvalue weighted by molar-refractivity contribution is -0.384. The number of carbonyl (C=O) groups excluding carboxylic acids is 2. The fourth-order valence-corrected chi connectivity index (χ4v) is 2.18. The first-order chi connectivity index (χ1) is 12.3. The lowest BCUT2D eigenvalue weighted by atomic mass is 10.1. The van der Waals surface area contributed by atoms with Crippen LogP contribution >= 0.6 is 15.9 Å². The summed E-state index contributed by atoms with van der Waals surface area (Å²) in [6.07, 6.45) is 0. The van der Waals surface area contributed by atoms with Gasteiger partial charge in [0, 0.05) is 16.6 Å². The molecule has 2 aromatic rings. The van der Waals surface area contributed by atoms with Crippen LogP contribution in [0.4, 0.5) is 15.8 Å². The summed E-state index contributed by atoms with van der Waals surface area (Å²) in [7, 11) is 0. The molecule has 0 radical (unpaired) electrons. The Labute approximate surface area is 155 Å². The van der Waals surface area contributed by atoms with E-state index in [2.05, 4.69) is 26.3 Å². The van der Waals surface area contributed by atoms with E-state index in [-0.39, 0.29) is 11.4 Å². The minimum absolute atomic E-state index is 0.0820. The third-order valence-electron chi connectivity index (χ3n) is 3.21. The quantitative estimate of drug-likeness (QED) is 0.341. The molecule has 0 aliphatic rings. The Kier molecular flexibility index (Phi) is 6.12. The molecular formula is C16H12BrFN4O4. The van der Waals surface area contributed by atoms with Crippen LogP contribution in [0.1, 0.15) is 12.5 Å². The van der Waals surface area contributed by atoms with E-state index in [0.29, 0.717) is 15.7 Å². The number of hydrazone groups is 1. The lowest BCUT2D eigenvalue weighted by Gasteiger charge is -2.06. The molecule has 0 bridgehead atoms. The molecule has 2 rings (SSSR count). The van der Waals surface area contributed by atoms with Crippen LogP contribution in [0.15, 0.2) is 52.0 Å². The Morgan fingerprint density at radius 2 is 1.81 bits per heavy atom. The van der Waals surface area contributed by atoms with Gasteiger partial charge in [0.25, 0.3) is 5.69 Å². The highest BCUT2D eigenvalue weighted by atomic mass is 79.9. The molecule has 0 heterocycles. The van der Waals surface area contributed by atoms with Crippen molar-refractivity contribution in [3.8, 4) is 0 Å². The Morgan fingerprint density at radius 3 is 2.38 bits per heavy atom. The summed E-state index contributed by atoms with van der Waals surface area (Å²) in [5.41, 5.74) is 2.66. The van der Waals surface area contributed by atoms with Gasteiger partial charge in [-0.15, -0.1) is 0 Å². The van der Waals surface area contributed by atoms with Gasteiger partial charge in [-0.3, -0.25) is 19.7 Å². The largest absolute Gasteiger partial charge is 0.329 e. The second-order valence-electron chi connectivity index (χ2n) is 5.02. The van der Waals surface area contributed by atoms with E-state index < -0.39 is 22.6 Å². The van der Waals surface area contributed by atoms with Crippen LogP contribution in [0.25, 0.3) is 0 Å². The average molecular weight is 423 g/mol. The predicted octanol–water partition coefficient (Wildman–Crippen LogP) is 2.98. The van der Waals surface area contributed by atoms with Crippen molar-refractivity contribution in [2.45, 2.75) is 6.92 Å². The maximum Gasteiger partial charge on any atom is 0.329 e. The SMILES string of the molecule is C/C(=N\NC(=O)C(=O)Nc1ccc(Br)cc1F)c1ccc([N+](=O)[O-])cc1. The Bertz CT molecular complexity index is 900. The van der Waals surface area contributed by atoms with Crippen LogP contribution in [-0.4, -0.2) is 22.4 Å². The van der Waals surface area contributed by atoms with Gasteiger partial charge < -0.3 is 5.32 Å². The van der Waals surface area contributed by atoms with Crippen molar-refractivity contribution in [1.29, 1.82) is 0 Å². The monoisotopic (exact) mass is 422 g/mol. The number of hydrogen-bond acceptors (Lipinski definition) is 5. The number of nitro groups is 1. The minimum Gasteiger partial charge on any atom is -0.315 e. The number of halogens is 2. The smallest absolute Gasteiger partial charge is 0.315 e. The Balaban J connectivity index is 2.00. The minimum atomic E-state index is -1.09. The van der Waals surface area contributed by atoms with E-state index in [0.717, 1.165) is 6.07 Å². The fourth-order valence-electron chi connectivity index (χ4n) is 1.84. The molecule has 2 aromatic carbocycles. The fraction of sp³-hybridized carbons (Fsp3) is 0.0625. The molecular weight excluding hydrogens is 411 g/mol. The standard InChI is InChI=1S/C16H12BrFN4O4/c1-9(10-2-5-12(6-3-10)22(25)26)20-21-16(24)15(23)19-14-7-4-11(17)8-13(14)18/h2-8H,1H3,(H,19,23)(H,21,24)/b20-9+. The first kappa shape index (κ1) is 19.2. The highest BCUT2D eigenvalue weighted by molar-refractivity contribution is 9.10. The molecule has 10 heteroatoms. The van der Waals surface area contributed by atoms with Crippen LogP contribution in [-0.2, 0) is 9.59 Å². The van der Waals surface area contributed by atoms with Crippen molar-refractivity contribution in [2.75, 3.05) is 5.32 Å². The second-order valence-corrected chi connectivity index (χ2v) is 5.94. The van der Waals surface area contributed by atoms with Gasteiger partial charge in [0.05, 0.1) is 16.3 Å². The maximum absolute atomic E-state index is 13.6. The number of amides is 2. The number of anilines is 1. The van der Waals surface area contributed by atoms with E-state index in [1.165, 1.54) is 36.4 Å². The molecule has 0 saturated carbocycles. The zero-order valence-corrected chi connectivity index (χ0v) is 14.9. The molecule has 8 nitrogen and oxygen atoms in total. The van der Waals surface area contributed by atoms with Gasteiger partial charge in [0.15, 0.2) is 0 Å². The highest BCUT2D eigenvalue weighted by Crippen LogP contribution is 2.19. The van der Waals surface area contributed by atoms with E-state index >= 15 is 0 Å². The van der Waals surface area contributed by atoms with Crippen LogP contribution in [0.2, 0.25) is 0 Å². The van der Waals surface area contributed by atoms with Gasteiger partial charge in [-0.05, 0) is 42.8 Å². The predicted molar refractivity (Wildman–Crippen MR) is 96.2 cm³/mol. The van der Waals surface area contributed by atoms with Crippen molar-refractivity contribution in [3.63, 3.8) is 0 Å². The van der Waals surface area contributed by atoms with Crippen molar-refractivity contribution in [2.24, 2.45) is 5.10 Å². The number of non-ortho nitro benzene ring substituents is 1. The average Bonchev–Trinajstić information content (AvgIpc) is 2.61. The maximum atomic E-state index is 13.6. The van der Waals surface area contributed by atoms with Crippen molar-refractivity contribution in [1.82, 2.24) is 5.43 Å². The van der Waals surface area contributed by atoms with Gasteiger partial charge in [0.2, 0.25) is 0 Å². The summed E-state index contributed by atoms with van der Waals surface area (Å²) < 4.78 is 14.1. The number of carbonyl (C=O) groups is 2. The molecule has 0 spiro atoms. The summed E-state index contributed by atoms with van der Waals surface area (Å²) in [5.74, 6) is -2.88. The van der Waals surface area contributed by atoms with Gasteiger partial charge in [-0.2, -0.15) is 5.10 Å². The van der Waals surface area contributed by atoms with Crippen LogP contribution in [0, 0.1) is 15.9 Å². The number of rotatable bonds is 4. The molecule has 0 fully saturated rings. The topological polar surface area (TPSA) is 114 Å². The first-order valence-corrected chi connectivity index (χ1v) is 7.92. The molecule has 134 valence electrons. The zero-order valence-electron chi connectivity index (χ0n) is 13.3. The van der Waals surface area contributed by atoms with Crippen LogP contribution in [0.5, 0.6) is 0 Å². The number of nitro benzene ring substituents is 1. The molecule has 2 N–H and O–H groups in total. The summed E-state index contributed by atoms with van der Waals surface area (Å²) in [5, 5.41) is 16.5. The third kappa shape index (κ3) is 4.93. The molecule has 0 aliphatic carbocycles. The summed E-state index contributed by atoms with van der Waals surface area (Å²) in [4.78, 5) is 33.6. The molecule has 2 amide bonds. The summed E-state index contributed by atoms with van der Waals surface area (Å²) in [6, 6.07) is 9.45. The second kappa shape index (κ2) is 8.30. The molecule has 0 saturated heterocycles. The molecule has 0 aromatic heterocycles. The third-order valence-corrected chi connectivity index (χ3v) is 3.70. The molecule has 0 aliphatic heterocycles. The number of hydrogen-bond donors (Lipinski definition) is 2. The zero-order chi connectivity index (χ0) is 19.3. The van der Waals surface area contributed by atoms with Gasteiger partial charge in [0.1, 0.15) is 5.82 Å². The molecule has 0 atom stereocenters. The normalized spacial score (nSPS) is 11.0. The van der Waals surface area contributed by atoms with Crippen molar-refractivity contribution < 1.29 is 18.9 Å². The Hall–Kier alpha value is -3.14. The van der Waals surface area contributed by atoms with E-state index in [9.17, 15) is 24.1 Å². The number of benzene rings is 2. The van der Waals surface area contributed by atoms with Gasteiger partial charge in [-0.25, -0.2) is 9.82 Å².